The van der Waals surface area contributed by atoms with Gasteiger partial charge >= 0.3 is 0 Å². The number of carbonyl (C=O) groups is 1. The van der Waals surface area contributed by atoms with Crippen LogP contribution < -0.4 is 4.74 Å². The first-order valence-electron chi connectivity index (χ1n) is 8.12. The molecule has 0 unspecified atom stereocenters. The Kier molecular flexibility index (Phi) is 4.80. The number of nitrogens with zero attached hydrogens (tertiary/aromatic N) is 4. The van der Waals surface area contributed by atoms with E-state index in [1.54, 1.807) is 37.4 Å². The van der Waals surface area contributed by atoms with Crippen LogP contribution in [0.1, 0.15) is 31.4 Å². The molecule has 124 valence electrons. The molecule has 1 aromatic heterocycles. The molecule has 6 nitrogen and oxygen atoms in total. The van der Waals surface area contributed by atoms with Crippen molar-refractivity contribution in [2.75, 3.05) is 13.1 Å². The summed E-state index contributed by atoms with van der Waals surface area (Å²) < 4.78 is 7.65. The van der Waals surface area contributed by atoms with Crippen LogP contribution in [0.5, 0.6) is 5.75 Å². The van der Waals surface area contributed by atoms with Crippen LogP contribution in [0.4, 0.5) is 0 Å². The second-order valence-electron chi connectivity index (χ2n) is 5.97. The number of rotatable bonds is 4. The molecule has 2 aromatic rings. The second-order valence-corrected chi connectivity index (χ2v) is 5.97. The van der Waals surface area contributed by atoms with Gasteiger partial charge in [-0.3, -0.25) is 9.48 Å². The van der Waals surface area contributed by atoms with Crippen LogP contribution in [-0.2, 0) is 4.79 Å². The van der Waals surface area contributed by atoms with E-state index in [0.717, 1.165) is 19.4 Å². The zero-order chi connectivity index (χ0) is 16.9. The van der Waals surface area contributed by atoms with Crippen LogP contribution >= 0.6 is 0 Å². The van der Waals surface area contributed by atoms with Gasteiger partial charge in [0.05, 0.1) is 17.7 Å². The Balaban J connectivity index is 1.63. The molecule has 1 amide bonds. The van der Waals surface area contributed by atoms with Crippen molar-refractivity contribution in [3.63, 3.8) is 0 Å². The van der Waals surface area contributed by atoms with Gasteiger partial charge < -0.3 is 9.64 Å². The van der Waals surface area contributed by atoms with Crippen molar-refractivity contribution >= 4 is 5.91 Å². The van der Waals surface area contributed by atoms with Crippen molar-refractivity contribution in [2.24, 2.45) is 0 Å². The molecule has 1 aromatic carbocycles. The summed E-state index contributed by atoms with van der Waals surface area (Å²) >= 11 is 0. The highest BCUT2D eigenvalue weighted by molar-refractivity contribution is 5.81. The summed E-state index contributed by atoms with van der Waals surface area (Å²) in [5.74, 6) is 0.504. The fourth-order valence-corrected chi connectivity index (χ4v) is 3.02. The third-order valence-electron chi connectivity index (χ3n) is 4.23. The number of hydrogen-bond acceptors (Lipinski definition) is 4. The Bertz CT molecular complexity index is 736. The number of ether oxygens (including phenoxy) is 1. The smallest absolute Gasteiger partial charge is 0.263 e. The number of carbonyl (C=O) groups excluding carboxylic acids is 1. The predicted molar refractivity (Wildman–Crippen MR) is 88.3 cm³/mol. The Hall–Kier alpha value is -2.81. The van der Waals surface area contributed by atoms with Crippen LogP contribution in [0, 0.1) is 11.3 Å². The van der Waals surface area contributed by atoms with E-state index >= 15 is 0 Å². The molecule has 0 aliphatic carbocycles. The van der Waals surface area contributed by atoms with Crippen molar-refractivity contribution in [2.45, 2.75) is 31.9 Å². The highest BCUT2D eigenvalue weighted by Gasteiger charge is 2.28. The third-order valence-corrected chi connectivity index (χ3v) is 4.23. The Morgan fingerprint density at radius 3 is 3.08 bits per heavy atom. The maximum atomic E-state index is 12.7. The lowest BCUT2D eigenvalue weighted by atomic mass is 10.1. The van der Waals surface area contributed by atoms with Crippen molar-refractivity contribution in [1.82, 2.24) is 14.7 Å². The second kappa shape index (κ2) is 7.18. The minimum atomic E-state index is -0.588. The van der Waals surface area contributed by atoms with E-state index < -0.39 is 6.10 Å². The molecule has 2 heterocycles. The average Bonchev–Trinajstić information content (AvgIpc) is 3.16. The van der Waals surface area contributed by atoms with Crippen LogP contribution in [0.2, 0.25) is 0 Å². The zero-order valence-electron chi connectivity index (χ0n) is 13.6. The average molecular weight is 324 g/mol. The molecule has 0 radical (unpaired) electrons. The molecule has 6 heteroatoms. The first-order chi connectivity index (χ1) is 11.7. The van der Waals surface area contributed by atoms with E-state index in [1.807, 2.05) is 21.8 Å². The van der Waals surface area contributed by atoms with Crippen LogP contribution in [-0.4, -0.2) is 39.8 Å². The van der Waals surface area contributed by atoms with Crippen LogP contribution in [0.25, 0.3) is 0 Å². The van der Waals surface area contributed by atoms with Gasteiger partial charge in [-0.2, -0.15) is 10.4 Å². The summed E-state index contributed by atoms with van der Waals surface area (Å²) in [6.07, 6.45) is 5.08. The molecule has 3 rings (SSSR count). The van der Waals surface area contributed by atoms with Gasteiger partial charge in [-0.05, 0) is 44.0 Å². The maximum Gasteiger partial charge on any atom is 0.263 e. The van der Waals surface area contributed by atoms with E-state index in [0.29, 0.717) is 17.9 Å². The van der Waals surface area contributed by atoms with Gasteiger partial charge in [0.2, 0.25) is 0 Å². The number of aromatic nitrogens is 2. The molecule has 0 N–H and O–H groups in total. The molecule has 24 heavy (non-hydrogen) atoms. The van der Waals surface area contributed by atoms with Crippen LogP contribution in [0.3, 0.4) is 0 Å². The van der Waals surface area contributed by atoms with E-state index in [1.165, 1.54) is 0 Å². The fraction of sp³-hybridized carbons (Fsp3) is 0.389. The summed E-state index contributed by atoms with van der Waals surface area (Å²) in [7, 11) is 0. The zero-order valence-corrected chi connectivity index (χ0v) is 13.6. The summed E-state index contributed by atoms with van der Waals surface area (Å²) in [4.78, 5) is 14.5. The summed E-state index contributed by atoms with van der Waals surface area (Å²) in [6, 6.07) is 11.0. The van der Waals surface area contributed by atoms with Gasteiger partial charge in [0.15, 0.2) is 6.10 Å². The van der Waals surface area contributed by atoms with Gasteiger partial charge in [-0.1, -0.05) is 6.07 Å². The molecule has 1 aliphatic heterocycles. The maximum absolute atomic E-state index is 12.7. The normalized spacial score (nSPS) is 18.7. The lowest BCUT2D eigenvalue weighted by molar-refractivity contribution is -0.139. The third kappa shape index (κ3) is 3.57. The van der Waals surface area contributed by atoms with Crippen molar-refractivity contribution < 1.29 is 9.53 Å². The molecule has 2 atom stereocenters. The minimum Gasteiger partial charge on any atom is -0.481 e. The van der Waals surface area contributed by atoms with E-state index in [-0.39, 0.29) is 11.9 Å². The Morgan fingerprint density at radius 1 is 1.46 bits per heavy atom. The van der Waals surface area contributed by atoms with Gasteiger partial charge in [-0.25, -0.2) is 0 Å². The quantitative estimate of drug-likeness (QED) is 0.866. The highest BCUT2D eigenvalue weighted by Crippen LogP contribution is 2.22. The molecule has 1 saturated heterocycles. The number of piperidine rings is 1. The summed E-state index contributed by atoms with van der Waals surface area (Å²) in [5, 5.41) is 13.2. The van der Waals surface area contributed by atoms with Gasteiger partial charge in [0.25, 0.3) is 5.91 Å². The summed E-state index contributed by atoms with van der Waals surface area (Å²) in [6.45, 7) is 3.13. The number of benzene rings is 1. The standard InChI is InChI=1S/C18H20N4O2/c1-14(24-17-7-2-5-15(11-17)12-19)18(23)21-9-3-6-16(13-21)22-10-4-8-20-22/h2,4-5,7-8,10-11,14,16H,3,6,9,13H2,1H3/t14-,16+/m1/s1. The predicted octanol–water partition coefficient (Wildman–Crippen LogP) is 2.39. The molecule has 0 spiro atoms. The minimum absolute atomic E-state index is 0.0331. The summed E-state index contributed by atoms with van der Waals surface area (Å²) in [5.41, 5.74) is 0.517. The fourth-order valence-electron chi connectivity index (χ4n) is 3.02. The molecular weight excluding hydrogens is 304 g/mol. The lowest BCUT2D eigenvalue weighted by Crippen LogP contribution is -2.46. The molecule has 1 fully saturated rings. The Labute approximate surface area is 141 Å². The van der Waals surface area contributed by atoms with Gasteiger partial charge in [0.1, 0.15) is 5.75 Å². The number of amides is 1. The Morgan fingerprint density at radius 2 is 2.33 bits per heavy atom. The first-order valence-corrected chi connectivity index (χ1v) is 8.12. The topological polar surface area (TPSA) is 71.2 Å². The largest absolute Gasteiger partial charge is 0.481 e. The SMILES string of the molecule is C[C@@H](Oc1cccc(C#N)c1)C(=O)N1CCC[C@H](n2cccn2)C1. The van der Waals surface area contributed by atoms with Gasteiger partial charge in [0, 0.05) is 25.5 Å². The van der Waals surface area contributed by atoms with E-state index in [4.69, 9.17) is 10.00 Å². The lowest BCUT2D eigenvalue weighted by Gasteiger charge is -2.34. The number of nitriles is 1. The first kappa shape index (κ1) is 16.1. The molecule has 1 aliphatic rings. The van der Waals surface area contributed by atoms with Crippen molar-refractivity contribution in [3.05, 3.63) is 48.3 Å². The van der Waals surface area contributed by atoms with Crippen molar-refractivity contribution in [3.8, 4) is 11.8 Å². The number of hydrogen-bond donors (Lipinski definition) is 0. The molecule has 0 bridgehead atoms. The molecule has 0 saturated carbocycles. The van der Waals surface area contributed by atoms with E-state index in [9.17, 15) is 4.79 Å². The highest BCUT2D eigenvalue weighted by atomic mass is 16.5. The van der Waals surface area contributed by atoms with Crippen molar-refractivity contribution in [1.29, 1.82) is 5.26 Å². The monoisotopic (exact) mass is 324 g/mol. The van der Waals surface area contributed by atoms with E-state index in [2.05, 4.69) is 11.2 Å². The molecular formula is C18H20N4O2. The van der Waals surface area contributed by atoms with Crippen LogP contribution in [0.15, 0.2) is 42.7 Å². The van der Waals surface area contributed by atoms with Gasteiger partial charge in [-0.15, -0.1) is 0 Å². The number of likely N-dealkylation sites (tertiary alicyclic amines) is 1.